The van der Waals surface area contributed by atoms with E-state index in [1.807, 2.05) is 4.90 Å². The molecular formula is C13H26N4O. The SMILES string of the molecule is CC(C)CCNC(N)=NCC(=O)N1CCCCC1. The van der Waals surface area contributed by atoms with Crippen molar-refractivity contribution in [3.05, 3.63) is 0 Å². The molecule has 5 heteroatoms. The van der Waals surface area contributed by atoms with Crippen molar-refractivity contribution in [1.29, 1.82) is 0 Å². The van der Waals surface area contributed by atoms with Gasteiger partial charge in [-0.3, -0.25) is 4.79 Å². The highest BCUT2D eigenvalue weighted by Crippen LogP contribution is 2.08. The summed E-state index contributed by atoms with van der Waals surface area (Å²) in [4.78, 5) is 17.8. The molecule has 1 saturated heterocycles. The number of nitrogens with one attached hydrogen (secondary N) is 1. The number of piperidine rings is 1. The lowest BCUT2D eigenvalue weighted by molar-refractivity contribution is -0.130. The summed E-state index contributed by atoms with van der Waals surface area (Å²) in [6, 6.07) is 0. The van der Waals surface area contributed by atoms with Gasteiger partial charge in [-0.15, -0.1) is 0 Å². The van der Waals surface area contributed by atoms with Crippen LogP contribution in [0.1, 0.15) is 39.5 Å². The fourth-order valence-electron chi connectivity index (χ4n) is 1.94. The smallest absolute Gasteiger partial charge is 0.244 e. The first-order chi connectivity index (χ1) is 8.59. The van der Waals surface area contributed by atoms with E-state index < -0.39 is 0 Å². The molecule has 1 aliphatic heterocycles. The number of guanidine groups is 1. The second kappa shape index (κ2) is 7.95. The summed E-state index contributed by atoms with van der Waals surface area (Å²) in [7, 11) is 0. The summed E-state index contributed by atoms with van der Waals surface area (Å²) in [5.74, 6) is 1.10. The molecule has 3 N–H and O–H groups in total. The molecule has 1 rings (SSSR count). The predicted molar refractivity (Wildman–Crippen MR) is 74.4 cm³/mol. The van der Waals surface area contributed by atoms with Gasteiger partial charge in [0.15, 0.2) is 5.96 Å². The van der Waals surface area contributed by atoms with Crippen molar-refractivity contribution in [3.63, 3.8) is 0 Å². The second-order valence-corrected chi connectivity index (χ2v) is 5.25. The van der Waals surface area contributed by atoms with Crippen LogP contribution in [0.25, 0.3) is 0 Å². The molecule has 0 aliphatic carbocycles. The molecule has 0 radical (unpaired) electrons. The molecular weight excluding hydrogens is 228 g/mol. The van der Waals surface area contributed by atoms with Crippen molar-refractivity contribution < 1.29 is 4.79 Å². The Balaban J connectivity index is 2.22. The van der Waals surface area contributed by atoms with Gasteiger partial charge >= 0.3 is 0 Å². The lowest BCUT2D eigenvalue weighted by atomic mass is 10.1. The molecule has 0 atom stereocenters. The van der Waals surface area contributed by atoms with E-state index in [1.165, 1.54) is 6.42 Å². The Kier molecular flexibility index (Phi) is 6.54. The zero-order chi connectivity index (χ0) is 13.4. The molecule has 5 nitrogen and oxygen atoms in total. The van der Waals surface area contributed by atoms with Crippen LogP contribution in [0.4, 0.5) is 0 Å². The number of aliphatic imine (C=N–C) groups is 1. The van der Waals surface area contributed by atoms with Gasteiger partial charge in [0, 0.05) is 19.6 Å². The van der Waals surface area contributed by atoms with Gasteiger partial charge in [-0.2, -0.15) is 0 Å². The fourth-order valence-corrected chi connectivity index (χ4v) is 1.94. The van der Waals surface area contributed by atoms with Gasteiger partial charge in [0.25, 0.3) is 0 Å². The van der Waals surface area contributed by atoms with Gasteiger partial charge in [-0.1, -0.05) is 13.8 Å². The van der Waals surface area contributed by atoms with Crippen LogP contribution >= 0.6 is 0 Å². The Labute approximate surface area is 110 Å². The minimum absolute atomic E-state index is 0.0864. The highest BCUT2D eigenvalue weighted by atomic mass is 16.2. The van der Waals surface area contributed by atoms with Crippen LogP contribution in [0.5, 0.6) is 0 Å². The molecule has 1 heterocycles. The molecule has 0 aromatic heterocycles. The minimum atomic E-state index is 0.0864. The molecule has 18 heavy (non-hydrogen) atoms. The summed E-state index contributed by atoms with van der Waals surface area (Å²) < 4.78 is 0. The maximum atomic E-state index is 11.8. The van der Waals surface area contributed by atoms with E-state index in [2.05, 4.69) is 24.2 Å². The monoisotopic (exact) mass is 254 g/mol. The molecule has 1 aliphatic rings. The van der Waals surface area contributed by atoms with Crippen LogP contribution in [-0.2, 0) is 4.79 Å². The summed E-state index contributed by atoms with van der Waals surface area (Å²) in [6.45, 7) is 7.04. The summed E-state index contributed by atoms with van der Waals surface area (Å²) in [6.07, 6.45) is 4.50. The predicted octanol–water partition coefficient (Wildman–Crippen LogP) is 0.949. The molecule has 0 unspecified atom stereocenters. The number of carbonyl (C=O) groups excluding carboxylic acids is 1. The Hall–Kier alpha value is -1.26. The Morgan fingerprint density at radius 1 is 1.33 bits per heavy atom. The number of carbonyl (C=O) groups is 1. The zero-order valence-corrected chi connectivity index (χ0v) is 11.6. The average molecular weight is 254 g/mol. The average Bonchev–Trinajstić information content (AvgIpc) is 2.36. The number of hydrogen-bond acceptors (Lipinski definition) is 2. The molecule has 0 spiro atoms. The maximum absolute atomic E-state index is 11.8. The van der Waals surface area contributed by atoms with Crippen LogP contribution in [0.15, 0.2) is 4.99 Å². The summed E-state index contributed by atoms with van der Waals surface area (Å²) in [5, 5.41) is 3.03. The summed E-state index contributed by atoms with van der Waals surface area (Å²) in [5.41, 5.74) is 5.71. The standard InChI is InChI=1S/C13H26N4O/c1-11(2)6-7-15-13(14)16-10-12(18)17-8-4-3-5-9-17/h11H,3-10H2,1-2H3,(H3,14,15,16). The van der Waals surface area contributed by atoms with Crippen LogP contribution in [0, 0.1) is 5.92 Å². The van der Waals surface area contributed by atoms with E-state index in [4.69, 9.17) is 5.73 Å². The quantitative estimate of drug-likeness (QED) is 0.567. The number of hydrogen-bond donors (Lipinski definition) is 2. The molecule has 0 saturated carbocycles. The number of likely N-dealkylation sites (tertiary alicyclic amines) is 1. The van der Waals surface area contributed by atoms with E-state index in [9.17, 15) is 4.79 Å². The maximum Gasteiger partial charge on any atom is 0.244 e. The second-order valence-electron chi connectivity index (χ2n) is 5.25. The van der Waals surface area contributed by atoms with E-state index >= 15 is 0 Å². The van der Waals surface area contributed by atoms with E-state index in [1.54, 1.807) is 0 Å². The number of rotatable bonds is 5. The van der Waals surface area contributed by atoms with Crippen LogP contribution < -0.4 is 11.1 Å². The van der Waals surface area contributed by atoms with Crippen molar-refractivity contribution in [2.45, 2.75) is 39.5 Å². The first-order valence-electron chi connectivity index (χ1n) is 6.91. The van der Waals surface area contributed by atoms with E-state index in [0.717, 1.165) is 38.9 Å². The largest absolute Gasteiger partial charge is 0.370 e. The lowest BCUT2D eigenvalue weighted by Crippen LogP contribution is -2.39. The van der Waals surface area contributed by atoms with Crippen LogP contribution in [0.2, 0.25) is 0 Å². The van der Waals surface area contributed by atoms with Crippen molar-refractivity contribution in [2.75, 3.05) is 26.2 Å². The normalized spacial score (nSPS) is 17.1. The van der Waals surface area contributed by atoms with Crippen LogP contribution in [-0.4, -0.2) is 42.9 Å². The van der Waals surface area contributed by atoms with E-state index in [-0.39, 0.29) is 12.5 Å². The van der Waals surface area contributed by atoms with Gasteiger partial charge in [-0.05, 0) is 31.6 Å². The lowest BCUT2D eigenvalue weighted by Gasteiger charge is -2.26. The Bertz CT molecular complexity index is 283. The highest BCUT2D eigenvalue weighted by Gasteiger charge is 2.15. The molecule has 0 aromatic rings. The molecule has 0 bridgehead atoms. The third-order valence-corrected chi connectivity index (χ3v) is 3.12. The molecule has 1 fully saturated rings. The fraction of sp³-hybridized carbons (Fsp3) is 0.846. The summed E-state index contributed by atoms with van der Waals surface area (Å²) >= 11 is 0. The van der Waals surface area contributed by atoms with Gasteiger partial charge in [0.05, 0.1) is 0 Å². The molecule has 104 valence electrons. The first kappa shape index (κ1) is 14.8. The van der Waals surface area contributed by atoms with Crippen molar-refractivity contribution in [2.24, 2.45) is 16.6 Å². The Morgan fingerprint density at radius 2 is 2.00 bits per heavy atom. The third-order valence-electron chi connectivity index (χ3n) is 3.12. The van der Waals surface area contributed by atoms with Gasteiger partial charge < -0.3 is 16.0 Å². The minimum Gasteiger partial charge on any atom is -0.370 e. The molecule has 1 amide bonds. The van der Waals surface area contributed by atoms with Gasteiger partial charge in [-0.25, -0.2) is 4.99 Å². The first-order valence-corrected chi connectivity index (χ1v) is 6.91. The van der Waals surface area contributed by atoms with Gasteiger partial charge in [0.1, 0.15) is 6.54 Å². The van der Waals surface area contributed by atoms with Gasteiger partial charge in [0.2, 0.25) is 5.91 Å². The topological polar surface area (TPSA) is 70.7 Å². The zero-order valence-electron chi connectivity index (χ0n) is 11.6. The highest BCUT2D eigenvalue weighted by molar-refractivity contribution is 5.84. The number of amides is 1. The molecule has 0 aromatic carbocycles. The number of nitrogens with zero attached hydrogens (tertiary/aromatic N) is 2. The Morgan fingerprint density at radius 3 is 2.61 bits per heavy atom. The van der Waals surface area contributed by atoms with Crippen molar-refractivity contribution in [3.8, 4) is 0 Å². The van der Waals surface area contributed by atoms with E-state index in [0.29, 0.717) is 11.9 Å². The van der Waals surface area contributed by atoms with Crippen molar-refractivity contribution in [1.82, 2.24) is 10.2 Å². The third kappa shape index (κ3) is 5.89. The van der Waals surface area contributed by atoms with Crippen molar-refractivity contribution >= 4 is 11.9 Å². The number of nitrogens with two attached hydrogens (primary N) is 1. The van der Waals surface area contributed by atoms with Crippen LogP contribution in [0.3, 0.4) is 0 Å².